The average molecular weight is 297 g/mol. The Bertz CT molecular complexity index is 645. The molecule has 0 unspecified atom stereocenters. The summed E-state index contributed by atoms with van der Waals surface area (Å²) in [5, 5.41) is 2.84. The monoisotopic (exact) mass is 297 g/mol. The molecule has 1 amide bonds. The number of amides is 1. The number of benzene rings is 2. The third-order valence-corrected chi connectivity index (χ3v) is 3.49. The van der Waals surface area contributed by atoms with Gasteiger partial charge in [0.05, 0.1) is 0 Å². The molecule has 2 aromatic rings. The second-order valence-electron chi connectivity index (χ2n) is 5.90. The first-order valence-corrected chi connectivity index (χ1v) is 7.55. The van der Waals surface area contributed by atoms with E-state index in [0.717, 1.165) is 28.1 Å². The predicted molar refractivity (Wildman–Crippen MR) is 90.6 cm³/mol. The molecule has 3 heteroatoms. The molecule has 1 N–H and O–H groups in total. The number of carbonyl (C=O) groups excluding carboxylic acids is 1. The van der Waals surface area contributed by atoms with Gasteiger partial charge < -0.3 is 10.1 Å². The summed E-state index contributed by atoms with van der Waals surface area (Å²) in [5.41, 5.74) is 4.19. The Morgan fingerprint density at radius 2 is 1.68 bits per heavy atom. The number of hydrogen-bond acceptors (Lipinski definition) is 2. The van der Waals surface area contributed by atoms with E-state index in [4.69, 9.17) is 4.74 Å². The first kappa shape index (κ1) is 16.1. The molecule has 116 valence electrons. The van der Waals surface area contributed by atoms with E-state index in [1.165, 1.54) is 0 Å². The lowest BCUT2D eigenvalue weighted by molar-refractivity contribution is -0.118. The van der Waals surface area contributed by atoms with Gasteiger partial charge in [-0.2, -0.15) is 0 Å². The van der Waals surface area contributed by atoms with Crippen molar-refractivity contribution in [3.05, 3.63) is 59.2 Å². The van der Waals surface area contributed by atoms with E-state index in [-0.39, 0.29) is 12.5 Å². The fourth-order valence-corrected chi connectivity index (χ4v) is 2.22. The van der Waals surface area contributed by atoms with Gasteiger partial charge in [-0.05, 0) is 49.1 Å². The van der Waals surface area contributed by atoms with E-state index in [1.54, 1.807) is 0 Å². The molecule has 0 aliphatic heterocycles. The largest absolute Gasteiger partial charge is 0.483 e. The van der Waals surface area contributed by atoms with E-state index in [2.05, 4.69) is 31.3 Å². The molecule has 0 saturated heterocycles. The molecule has 0 aliphatic rings. The van der Waals surface area contributed by atoms with Gasteiger partial charge in [-0.15, -0.1) is 0 Å². The summed E-state index contributed by atoms with van der Waals surface area (Å²) >= 11 is 0. The van der Waals surface area contributed by atoms with Crippen LogP contribution in [0.3, 0.4) is 0 Å². The number of hydrogen-bond donors (Lipinski definition) is 1. The molecule has 2 aromatic carbocycles. The van der Waals surface area contributed by atoms with E-state index < -0.39 is 0 Å². The Morgan fingerprint density at radius 3 is 2.32 bits per heavy atom. The molecular weight excluding hydrogens is 274 g/mol. The lowest BCUT2D eigenvalue weighted by Gasteiger charge is -2.14. The molecule has 0 aliphatic carbocycles. The molecule has 0 atom stereocenters. The van der Waals surface area contributed by atoms with Crippen LogP contribution < -0.4 is 10.1 Å². The highest BCUT2D eigenvalue weighted by Crippen LogP contribution is 2.27. The number of aryl methyl sites for hydroxylation is 2. The maximum atomic E-state index is 12.0. The summed E-state index contributed by atoms with van der Waals surface area (Å²) in [7, 11) is 0. The minimum absolute atomic E-state index is 0.0110. The summed E-state index contributed by atoms with van der Waals surface area (Å²) in [6, 6.07) is 13.8. The Morgan fingerprint density at radius 1 is 1.05 bits per heavy atom. The molecule has 0 saturated carbocycles. The van der Waals surface area contributed by atoms with Crippen molar-refractivity contribution in [2.45, 2.75) is 33.6 Å². The van der Waals surface area contributed by atoms with Crippen molar-refractivity contribution in [1.82, 2.24) is 0 Å². The summed E-state index contributed by atoms with van der Waals surface area (Å²) in [6.07, 6.45) is 0. The quantitative estimate of drug-likeness (QED) is 0.885. The van der Waals surface area contributed by atoms with E-state index in [9.17, 15) is 4.79 Å². The summed E-state index contributed by atoms with van der Waals surface area (Å²) in [5.74, 6) is 0.991. The van der Waals surface area contributed by atoms with Gasteiger partial charge in [0.1, 0.15) is 5.75 Å². The smallest absolute Gasteiger partial charge is 0.262 e. The van der Waals surface area contributed by atoms with Crippen LogP contribution in [0.1, 0.15) is 36.5 Å². The number of anilines is 1. The van der Waals surface area contributed by atoms with Crippen LogP contribution in [0.5, 0.6) is 5.75 Å². The van der Waals surface area contributed by atoms with Gasteiger partial charge in [0.15, 0.2) is 6.61 Å². The molecule has 0 spiro atoms. The van der Waals surface area contributed by atoms with E-state index in [1.807, 2.05) is 44.2 Å². The van der Waals surface area contributed by atoms with Crippen molar-refractivity contribution in [2.24, 2.45) is 0 Å². The summed E-state index contributed by atoms with van der Waals surface area (Å²) < 4.78 is 5.72. The molecule has 3 nitrogen and oxygen atoms in total. The molecule has 22 heavy (non-hydrogen) atoms. The first-order valence-electron chi connectivity index (χ1n) is 7.55. The third kappa shape index (κ3) is 4.35. The Labute approximate surface area is 132 Å². The second kappa shape index (κ2) is 7.12. The number of rotatable bonds is 5. The Kier molecular flexibility index (Phi) is 5.21. The highest BCUT2D eigenvalue weighted by Gasteiger charge is 2.10. The van der Waals surface area contributed by atoms with Crippen LogP contribution in [0.2, 0.25) is 0 Å². The SMILES string of the molecule is Cc1ccc(NC(=O)COc2cc(C)ccc2C(C)C)cc1. The van der Waals surface area contributed by atoms with Crippen LogP contribution in [0, 0.1) is 13.8 Å². The highest BCUT2D eigenvalue weighted by atomic mass is 16.5. The predicted octanol–water partition coefficient (Wildman–Crippen LogP) is 4.44. The third-order valence-electron chi connectivity index (χ3n) is 3.49. The van der Waals surface area contributed by atoms with Gasteiger partial charge in [-0.25, -0.2) is 0 Å². The van der Waals surface area contributed by atoms with Crippen LogP contribution in [0.25, 0.3) is 0 Å². The van der Waals surface area contributed by atoms with Gasteiger partial charge in [0.2, 0.25) is 0 Å². The Hall–Kier alpha value is -2.29. The zero-order chi connectivity index (χ0) is 16.1. The van der Waals surface area contributed by atoms with Crippen molar-refractivity contribution in [1.29, 1.82) is 0 Å². The maximum absolute atomic E-state index is 12.0. The van der Waals surface area contributed by atoms with Gasteiger partial charge >= 0.3 is 0 Å². The van der Waals surface area contributed by atoms with E-state index >= 15 is 0 Å². The lowest BCUT2D eigenvalue weighted by Crippen LogP contribution is -2.20. The fourth-order valence-electron chi connectivity index (χ4n) is 2.22. The van der Waals surface area contributed by atoms with Crippen molar-refractivity contribution in [3.63, 3.8) is 0 Å². The van der Waals surface area contributed by atoms with Gasteiger partial charge in [0.25, 0.3) is 5.91 Å². The molecule has 0 bridgehead atoms. The zero-order valence-electron chi connectivity index (χ0n) is 13.6. The van der Waals surface area contributed by atoms with Gasteiger partial charge in [0, 0.05) is 5.69 Å². The molecule has 0 heterocycles. The first-order chi connectivity index (χ1) is 10.5. The van der Waals surface area contributed by atoms with Crippen molar-refractivity contribution >= 4 is 11.6 Å². The zero-order valence-corrected chi connectivity index (χ0v) is 13.6. The summed E-state index contributed by atoms with van der Waals surface area (Å²) in [6.45, 7) is 8.27. The Balaban J connectivity index is 1.99. The van der Waals surface area contributed by atoms with E-state index in [0.29, 0.717) is 5.92 Å². The number of nitrogens with one attached hydrogen (secondary N) is 1. The topological polar surface area (TPSA) is 38.3 Å². The minimum Gasteiger partial charge on any atom is -0.483 e. The van der Waals surface area contributed by atoms with Crippen molar-refractivity contribution in [3.8, 4) is 5.75 Å². The number of ether oxygens (including phenoxy) is 1. The highest BCUT2D eigenvalue weighted by molar-refractivity contribution is 5.91. The second-order valence-corrected chi connectivity index (χ2v) is 5.90. The molecule has 0 fully saturated rings. The lowest BCUT2D eigenvalue weighted by atomic mass is 10.0. The van der Waals surface area contributed by atoms with Crippen LogP contribution in [0.4, 0.5) is 5.69 Å². The van der Waals surface area contributed by atoms with Gasteiger partial charge in [-0.1, -0.05) is 43.7 Å². The van der Waals surface area contributed by atoms with Crippen molar-refractivity contribution < 1.29 is 9.53 Å². The maximum Gasteiger partial charge on any atom is 0.262 e. The average Bonchev–Trinajstić information content (AvgIpc) is 2.47. The normalized spacial score (nSPS) is 10.6. The van der Waals surface area contributed by atoms with Crippen LogP contribution in [-0.4, -0.2) is 12.5 Å². The van der Waals surface area contributed by atoms with Gasteiger partial charge in [-0.3, -0.25) is 4.79 Å². The molecule has 0 radical (unpaired) electrons. The summed E-state index contributed by atoms with van der Waals surface area (Å²) in [4.78, 5) is 12.0. The molecular formula is C19H23NO2. The van der Waals surface area contributed by atoms with Crippen LogP contribution >= 0.6 is 0 Å². The van der Waals surface area contributed by atoms with Crippen LogP contribution in [-0.2, 0) is 4.79 Å². The molecule has 0 aromatic heterocycles. The van der Waals surface area contributed by atoms with Crippen LogP contribution in [0.15, 0.2) is 42.5 Å². The minimum atomic E-state index is -0.153. The molecule has 2 rings (SSSR count). The standard InChI is InChI=1S/C19H23NO2/c1-13(2)17-10-7-15(4)11-18(17)22-12-19(21)20-16-8-5-14(3)6-9-16/h5-11,13H,12H2,1-4H3,(H,20,21). The van der Waals surface area contributed by atoms with Crippen molar-refractivity contribution in [2.75, 3.05) is 11.9 Å². The fraction of sp³-hybridized carbons (Fsp3) is 0.316. The number of carbonyl (C=O) groups is 1.